The highest BCUT2D eigenvalue weighted by atomic mass is 19.1. The second-order valence-electron chi connectivity index (χ2n) is 5.31. The Morgan fingerprint density at radius 2 is 2.26 bits per heavy atom. The smallest absolute Gasteiger partial charge is 0.146 e. The van der Waals surface area contributed by atoms with Crippen LogP contribution in [0.2, 0.25) is 0 Å². The lowest BCUT2D eigenvalue weighted by Gasteiger charge is -2.37. The van der Waals surface area contributed by atoms with Gasteiger partial charge in [0.25, 0.3) is 0 Å². The monoisotopic (exact) mass is 266 g/mol. The maximum Gasteiger partial charge on any atom is 0.146 e. The van der Waals surface area contributed by atoms with Gasteiger partial charge in [-0.05, 0) is 43.0 Å². The first-order valence-electron chi connectivity index (χ1n) is 6.92. The third kappa shape index (κ3) is 3.25. The van der Waals surface area contributed by atoms with E-state index in [0.717, 1.165) is 31.5 Å². The molecule has 0 aliphatic carbocycles. The molecule has 1 heterocycles. The molecule has 0 spiro atoms. The SMILES string of the molecule is COC1CN(c2ccc(CCN)cc2F)CCC1C. The quantitative estimate of drug-likeness (QED) is 0.908. The van der Waals surface area contributed by atoms with Crippen molar-refractivity contribution < 1.29 is 9.13 Å². The Hall–Kier alpha value is -1.13. The van der Waals surface area contributed by atoms with Crippen molar-refractivity contribution in [2.75, 3.05) is 31.6 Å². The molecule has 1 aromatic carbocycles. The number of halogens is 1. The first-order valence-corrected chi connectivity index (χ1v) is 6.92. The second-order valence-corrected chi connectivity index (χ2v) is 5.31. The van der Waals surface area contributed by atoms with E-state index in [1.54, 1.807) is 13.2 Å². The summed E-state index contributed by atoms with van der Waals surface area (Å²) in [6.45, 7) is 4.37. The van der Waals surface area contributed by atoms with Gasteiger partial charge in [0.1, 0.15) is 5.82 Å². The zero-order valence-electron chi connectivity index (χ0n) is 11.7. The lowest BCUT2D eigenvalue weighted by molar-refractivity contribution is 0.0497. The number of nitrogens with two attached hydrogens (primary N) is 1. The number of piperidine rings is 1. The lowest BCUT2D eigenvalue weighted by atomic mass is 9.95. The van der Waals surface area contributed by atoms with Crippen molar-refractivity contribution in [1.29, 1.82) is 0 Å². The Kier molecular flexibility index (Phi) is 4.77. The fourth-order valence-electron chi connectivity index (χ4n) is 2.69. The van der Waals surface area contributed by atoms with Crippen molar-refractivity contribution >= 4 is 5.69 Å². The van der Waals surface area contributed by atoms with Gasteiger partial charge in [0.2, 0.25) is 0 Å². The third-order valence-corrected chi connectivity index (χ3v) is 3.98. The molecule has 106 valence electrons. The normalized spacial score (nSPS) is 23.7. The Labute approximate surface area is 114 Å². The number of benzene rings is 1. The Morgan fingerprint density at radius 3 is 2.89 bits per heavy atom. The summed E-state index contributed by atoms with van der Waals surface area (Å²) in [5.74, 6) is 0.371. The van der Waals surface area contributed by atoms with Crippen LogP contribution < -0.4 is 10.6 Å². The van der Waals surface area contributed by atoms with Crippen LogP contribution in [0, 0.1) is 11.7 Å². The van der Waals surface area contributed by atoms with E-state index in [4.69, 9.17) is 10.5 Å². The number of anilines is 1. The highest BCUT2D eigenvalue weighted by Gasteiger charge is 2.27. The minimum atomic E-state index is -0.157. The van der Waals surface area contributed by atoms with E-state index >= 15 is 0 Å². The molecule has 19 heavy (non-hydrogen) atoms. The predicted molar refractivity (Wildman–Crippen MR) is 75.9 cm³/mol. The maximum atomic E-state index is 14.2. The van der Waals surface area contributed by atoms with E-state index in [1.165, 1.54) is 0 Å². The van der Waals surface area contributed by atoms with Crippen molar-refractivity contribution in [1.82, 2.24) is 0 Å². The van der Waals surface area contributed by atoms with Crippen molar-refractivity contribution in [3.63, 3.8) is 0 Å². The van der Waals surface area contributed by atoms with Crippen LogP contribution in [0.3, 0.4) is 0 Å². The molecule has 2 atom stereocenters. The van der Waals surface area contributed by atoms with Crippen molar-refractivity contribution in [2.45, 2.75) is 25.9 Å². The first kappa shape index (κ1) is 14.3. The van der Waals surface area contributed by atoms with E-state index in [9.17, 15) is 4.39 Å². The standard InChI is InChI=1S/C15H23FN2O/c1-11-6-8-18(10-15(11)19-2)14-4-3-12(5-7-17)9-13(14)16/h3-4,9,11,15H,5-8,10,17H2,1-2H3. The average molecular weight is 266 g/mol. The van der Waals surface area contributed by atoms with Gasteiger partial charge in [-0.3, -0.25) is 0 Å². The number of nitrogens with zero attached hydrogens (tertiary/aromatic N) is 1. The molecule has 1 aliphatic heterocycles. The fourth-order valence-corrected chi connectivity index (χ4v) is 2.69. The number of methoxy groups -OCH3 is 1. The summed E-state index contributed by atoms with van der Waals surface area (Å²) in [6.07, 6.45) is 1.93. The first-order chi connectivity index (χ1) is 9.15. The molecular formula is C15H23FN2O. The van der Waals surface area contributed by atoms with Crippen molar-refractivity contribution in [3.8, 4) is 0 Å². The lowest BCUT2D eigenvalue weighted by Crippen LogP contribution is -2.44. The summed E-state index contributed by atoms with van der Waals surface area (Å²) in [4.78, 5) is 2.08. The highest BCUT2D eigenvalue weighted by molar-refractivity contribution is 5.49. The molecule has 4 heteroatoms. The van der Waals surface area contributed by atoms with Gasteiger partial charge in [-0.2, -0.15) is 0 Å². The average Bonchev–Trinajstić information content (AvgIpc) is 2.40. The van der Waals surface area contributed by atoms with Crippen LogP contribution in [0.25, 0.3) is 0 Å². The van der Waals surface area contributed by atoms with Gasteiger partial charge >= 0.3 is 0 Å². The van der Waals surface area contributed by atoms with E-state index in [-0.39, 0.29) is 11.9 Å². The van der Waals surface area contributed by atoms with Crippen LogP contribution in [0.5, 0.6) is 0 Å². The zero-order valence-corrected chi connectivity index (χ0v) is 11.7. The van der Waals surface area contributed by atoms with Crippen molar-refractivity contribution in [3.05, 3.63) is 29.6 Å². The molecule has 0 saturated carbocycles. The number of ether oxygens (including phenoxy) is 1. The summed E-state index contributed by atoms with van der Waals surface area (Å²) in [5, 5.41) is 0. The zero-order chi connectivity index (χ0) is 13.8. The molecule has 1 aromatic rings. The number of hydrogen-bond donors (Lipinski definition) is 1. The largest absolute Gasteiger partial charge is 0.379 e. The maximum absolute atomic E-state index is 14.2. The summed E-state index contributed by atoms with van der Waals surface area (Å²) in [5.41, 5.74) is 7.13. The van der Waals surface area contributed by atoms with Crippen molar-refractivity contribution in [2.24, 2.45) is 11.7 Å². The van der Waals surface area contributed by atoms with Crippen LogP contribution in [0.15, 0.2) is 18.2 Å². The molecule has 1 saturated heterocycles. The van der Waals surface area contributed by atoms with Gasteiger partial charge in [0.15, 0.2) is 0 Å². The van der Waals surface area contributed by atoms with Gasteiger partial charge in [0.05, 0.1) is 11.8 Å². The molecule has 2 unspecified atom stereocenters. The molecule has 0 bridgehead atoms. The molecule has 1 aliphatic rings. The molecule has 0 aromatic heterocycles. The van der Waals surface area contributed by atoms with Gasteiger partial charge in [-0.15, -0.1) is 0 Å². The van der Waals surface area contributed by atoms with Crippen LogP contribution in [0.1, 0.15) is 18.9 Å². The molecule has 2 N–H and O–H groups in total. The predicted octanol–water partition coefficient (Wildman–Crippen LogP) is 2.19. The van der Waals surface area contributed by atoms with E-state index in [1.807, 2.05) is 12.1 Å². The second kappa shape index (κ2) is 6.35. The topological polar surface area (TPSA) is 38.5 Å². The van der Waals surface area contributed by atoms with E-state index < -0.39 is 0 Å². The summed E-state index contributed by atoms with van der Waals surface area (Å²) in [7, 11) is 1.73. The summed E-state index contributed by atoms with van der Waals surface area (Å²) >= 11 is 0. The van der Waals surface area contributed by atoms with Crippen LogP contribution in [-0.2, 0) is 11.2 Å². The minimum absolute atomic E-state index is 0.157. The van der Waals surface area contributed by atoms with E-state index in [0.29, 0.717) is 18.2 Å². The number of rotatable bonds is 4. The Morgan fingerprint density at radius 1 is 1.47 bits per heavy atom. The molecule has 1 fully saturated rings. The molecule has 3 nitrogen and oxygen atoms in total. The van der Waals surface area contributed by atoms with Crippen LogP contribution >= 0.6 is 0 Å². The molecular weight excluding hydrogens is 243 g/mol. The Bertz CT molecular complexity index is 425. The van der Waals surface area contributed by atoms with Gasteiger partial charge < -0.3 is 15.4 Å². The summed E-state index contributed by atoms with van der Waals surface area (Å²) in [6, 6.07) is 5.43. The molecule has 2 rings (SSSR count). The van der Waals surface area contributed by atoms with Gasteiger partial charge in [0, 0.05) is 20.2 Å². The van der Waals surface area contributed by atoms with Crippen LogP contribution in [-0.4, -0.2) is 32.8 Å². The summed E-state index contributed by atoms with van der Waals surface area (Å²) < 4.78 is 19.6. The van der Waals surface area contributed by atoms with E-state index in [2.05, 4.69) is 11.8 Å². The highest BCUT2D eigenvalue weighted by Crippen LogP contribution is 2.27. The number of hydrogen-bond acceptors (Lipinski definition) is 3. The molecule has 0 radical (unpaired) electrons. The minimum Gasteiger partial charge on any atom is -0.379 e. The van der Waals surface area contributed by atoms with Crippen LogP contribution in [0.4, 0.5) is 10.1 Å². The fraction of sp³-hybridized carbons (Fsp3) is 0.600. The van der Waals surface area contributed by atoms with Gasteiger partial charge in [-0.25, -0.2) is 4.39 Å². The van der Waals surface area contributed by atoms with Gasteiger partial charge in [-0.1, -0.05) is 13.0 Å². The third-order valence-electron chi connectivity index (χ3n) is 3.98. The molecule has 0 amide bonds. The Balaban J connectivity index is 2.13.